The number of benzene rings is 1. The van der Waals surface area contributed by atoms with E-state index in [1.54, 1.807) is 26.0 Å². The van der Waals surface area contributed by atoms with Crippen LogP contribution in [0.2, 0.25) is 0 Å². The fourth-order valence-corrected chi connectivity index (χ4v) is 1.31. The molecule has 1 rings (SSSR count). The third-order valence-electron chi connectivity index (χ3n) is 2.13. The molecule has 0 aliphatic heterocycles. The van der Waals surface area contributed by atoms with Crippen LogP contribution in [0, 0.1) is 11.3 Å². The van der Waals surface area contributed by atoms with Gasteiger partial charge in [-0.15, -0.1) is 0 Å². The summed E-state index contributed by atoms with van der Waals surface area (Å²) in [4.78, 5) is 11.5. The van der Waals surface area contributed by atoms with Crippen LogP contribution in [-0.2, 0) is 9.53 Å². The van der Waals surface area contributed by atoms with Crippen molar-refractivity contribution in [2.45, 2.75) is 13.8 Å². The Morgan fingerprint density at radius 3 is 2.50 bits per heavy atom. The summed E-state index contributed by atoms with van der Waals surface area (Å²) in [6.45, 7) is 3.65. The maximum Gasteiger partial charge on any atom is 0.335 e. The lowest BCUT2D eigenvalue weighted by molar-refractivity contribution is -0.138. The van der Waals surface area contributed by atoms with Crippen LogP contribution in [0.5, 0.6) is 0 Å². The van der Waals surface area contributed by atoms with Crippen molar-refractivity contribution in [3.05, 3.63) is 41.5 Å². The maximum atomic E-state index is 11.5. The van der Waals surface area contributed by atoms with Gasteiger partial charge >= 0.3 is 5.97 Å². The van der Waals surface area contributed by atoms with Crippen molar-refractivity contribution in [2.24, 2.45) is 0 Å². The van der Waals surface area contributed by atoms with E-state index >= 15 is 0 Å². The molecule has 0 atom stereocenters. The summed E-state index contributed by atoms with van der Waals surface area (Å²) in [5.74, 6) is -0.442. The molecule has 3 nitrogen and oxygen atoms in total. The Morgan fingerprint density at radius 2 is 2.00 bits per heavy atom. The predicted octanol–water partition coefficient (Wildman–Crippen LogP) is 2.55. The SMILES string of the molecule is CCOC(=O)/C(C)=C(\C#N)c1ccccc1. The van der Waals surface area contributed by atoms with E-state index in [0.717, 1.165) is 5.56 Å². The van der Waals surface area contributed by atoms with Gasteiger partial charge in [0.1, 0.15) is 6.07 Å². The first-order chi connectivity index (χ1) is 7.70. The highest BCUT2D eigenvalue weighted by Gasteiger charge is 2.12. The number of rotatable bonds is 3. The molecule has 0 aliphatic carbocycles. The molecular formula is C13H13NO2. The third-order valence-corrected chi connectivity index (χ3v) is 2.13. The Morgan fingerprint density at radius 1 is 1.38 bits per heavy atom. The predicted molar refractivity (Wildman–Crippen MR) is 61.3 cm³/mol. The van der Waals surface area contributed by atoms with Gasteiger partial charge in [0.2, 0.25) is 0 Å². The summed E-state index contributed by atoms with van der Waals surface area (Å²) in [5, 5.41) is 9.05. The Kier molecular flexibility index (Phi) is 4.28. The fraction of sp³-hybridized carbons (Fsp3) is 0.231. The average molecular weight is 215 g/mol. The summed E-state index contributed by atoms with van der Waals surface area (Å²) in [5.41, 5.74) is 1.44. The monoisotopic (exact) mass is 215 g/mol. The molecule has 0 radical (unpaired) electrons. The second-order valence-corrected chi connectivity index (χ2v) is 3.20. The minimum absolute atomic E-state index is 0.309. The molecule has 0 saturated carbocycles. The van der Waals surface area contributed by atoms with E-state index in [2.05, 4.69) is 0 Å². The van der Waals surface area contributed by atoms with E-state index in [9.17, 15) is 4.79 Å². The molecule has 82 valence electrons. The Balaban J connectivity index is 3.12. The Labute approximate surface area is 95.0 Å². The van der Waals surface area contributed by atoms with Crippen LogP contribution in [0.4, 0.5) is 0 Å². The van der Waals surface area contributed by atoms with Crippen molar-refractivity contribution >= 4 is 11.5 Å². The molecule has 0 saturated heterocycles. The summed E-state index contributed by atoms with van der Waals surface area (Å²) in [6, 6.07) is 11.1. The molecule has 0 spiro atoms. The van der Waals surface area contributed by atoms with Crippen LogP contribution in [0.25, 0.3) is 5.57 Å². The molecule has 0 aliphatic rings. The number of nitriles is 1. The van der Waals surface area contributed by atoms with Gasteiger partial charge in [-0.2, -0.15) is 5.26 Å². The molecule has 0 heterocycles. The van der Waals surface area contributed by atoms with Gasteiger partial charge in [-0.1, -0.05) is 30.3 Å². The second kappa shape index (κ2) is 5.72. The summed E-state index contributed by atoms with van der Waals surface area (Å²) in [6.07, 6.45) is 0. The van der Waals surface area contributed by atoms with E-state index in [1.807, 2.05) is 24.3 Å². The van der Waals surface area contributed by atoms with Crippen molar-refractivity contribution in [3.8, 4) is 6.07 Å². The maximum absolute atomic E-state index is 11.5. The van der Waals surface area contributed by atoms with Crippen LogP contribution in [0.15, 0.2) is 35.9 Å². The molecule has 1 aromatic carbocycles. The minimum Gasteiger partial charge on any atom is -0.463 e. The molecule has 0 unspecified atom stereocenters. The van der Waals surface area contributed by atoms with Gasteiger partial charge in [0, 0.05) is 0 Å². The molecule has 0 fully saturated rings. The molecule has 0 bridgehead atoms. The summed E-state index contributed by atoms with van der Waals surface area (Å²) in [7, 11) is 0. The van der Waals surface area contributed by atoms with Gasteiger partial charge in [-0.05, 0) is 19.4 Å². The zero-order chi connectivity index (χ0) is 12.0. The molecule has 3 heteroatoms. The number of esters is 1. The summed E-state index contributed by atoms with van der Waals surface area (Å²) >= 11 is 0. The molecule has 16 heavy (non-hydrogen) atoms. The van der Waals surface area contributed by atoms with Crippen molar-refractivity contribution in [2.75, 3.05) is 6.61 Å². The van der Waals surface area contributed by atoms with Crippen LogP contribution < -0.4 is 0 Å². The van der Waals surface area contributed by atoms with Crippen LogP contribution in [-0.4, -0.2) is 12.6 Å². The topological polar surface area (TPSA) is 50.1 Å². The largest absolute Gasteiger partial charge is 0.463 e. The molecule has 0 N–H and O–H groups in total. The fourth-order valence-electron chi connectivity index (χ4n) is 1.31. The van der Waals surface area contributed by atoms with Crippen LogP contribution >= 0.6 is 0 Å². The highest BCUT2D eigenvalue weighted by molar-refractivity contribution is 6.00. The molecular weight excluding hydrogens is 202 g/mol. The van der Waals surface area contributed by atoms with E-state index in [-0.39, 0.29) is 0 Å². The quantitative estimate of drug-likeness (QED) is 0.442. The number of hydrogen-bond donors (Lipinski definition) is 0. The first-order valence-corrected chi connectivity index (χ1v) is 5.04. The van der Waals surface area contributed by atoms with Crippen molar-refractivity contribution in [3.63, 3.8) is 0 Å². The lowest BCUT2D eigenvalue weighted by Crippen LogP contribution is -2.07. The number of nitrogens with zero attached hydrogens (tertiary/aromatic N) is 1. The standard InChI is InChI=1S/C13H13NO2/c1-3-16-13(15)10(2)12(9-14)11-7-5-4-6-8-11/h4-8H,3H2,1-2H3/b12-10+. The number of ether oxygens (including phenoxy) is 1. The Hall–Kier alpha value is -2.08. The van der Waals surface area contributed by atoms with E-state index < -0.39 is 5.97 Å². The lowest BCUT2D eigenvalue weighted by Gasteiger charge is -2.05. The van der Waals surface area contributed by atoms with E-state index in [0.29, 0.717) is 17.8 Å². The highest BCUT2D eigenvalue weighted by atomic mass is 16.5. The van der Waals surface area contributed by atoms with Gasteiger partial charge in [0.25, 0.3) is 0 Å². The van der Waals surface area contributed by atoms with Gasteiger partial charge in [-0.3, -0.25) is 0 Å². The van der Waals surface area contributed by atoms with Crippen LogP contribution in [0.1, 0.15) is 19.4 Å². The minimum atomic E-state index is -0.442. The molecule has 0 aromatic heterocycles. The average Bonchev–Trinajstić information content (AvgIpc) is 2.31. The first kappa shape index (κ1) is 12.0. The number of carbonyl (C=O) groups excluding carboxylic acids is 1. The van der Waals surface area contributed by atoms with E-state index in [4.69, 9.17) is 10.00 Å². The Bertz CT molecular complexity index is 441. The van der Waals surface area contributed by atoms with Crippen molar-refractivity contribution in [1.29, 1.82) is 5.26 Å². The van der Waals surface area contributed by atoms with Crippen LogP contribution in [0.3, 0.4) is 0 Å². The highest BCUT2D eigenvalue weighted by Crippen LogP contribution is 2.18. The number of carbonyl (C=O) groups is 1. The lowest BCUT2D eigenvalue weighted by atomic mass is 10.0. The van der Waals surface area contributed by atoms with Gasteiger partial charge in [-0.25, -0.2) is 4.79 Å². The van der Waals surface area contributed by atoms with Crippen molar-refractivity contribution < 1.29 is 9.53 Å². The molecule has 1 aromatic rings. The smallest absolute Gasteiger partial charge is 0.335 e. The third kappa shape index (κ3) is 2.71. The normalized spacial score (nSPS) is 11.3. The summed E-state index contributed by atoms with van der Waals surface area (Å²) < 4.78 is 4.86. The van der Waals surface area contributed by atoms with Gasteiger partial charge < -0.3 is 4.74 Å². The van der Waals surface area contributed by atoms with E-state index in [1.165, 1.54) is 0 Å². The zero-order valence-electron chi connectivity index (χ0n) is 9.36. The van der Waals surface area contributed by atoms with Gasteiger partial charge in [0.15, 0.2) is 0 Å². The number of allylic oxidation sites excluding steroid dienone is 1. The number of hydrogen-bond acceptors (Lipinski definition) is 3. The zero-order valence-corrected chi connectivity index (χ0v) is 9.36. The first-order valence-electron chi connectivity index (χ1n) is 5.04. The van der Waals surface area contributed by atoms with Crippen molar-refractivity contribution in [1.82, 2.24) is 0 Å². The van der Waals surface area contributed by atoms with Gasteiger partial charge in [0.05, 0.1) is 17.8 Å². The second-order valence-electron chi connectivity index (χ2n) is 3.20. The molecule has 0 amide bonds.